The Balaban J connectivity index is 3.36. The van der Waals surface area contributed by atoms with Crippen LogP contribution in [0.3, 0.4) is 0 Å². The lowest BCUT2D eigenvalue weighted by atomic mass is 9.91. The van der Waals surface area contributed by atoms with Crippen molar-refractivity contribution in [3.8, 4) is 0 Å². The van der Waals surface area contributed by atoms with E-state index in [0.717, 1.165) is 6.08 Å². The molecule has 0 aromatic heterocycles. The summed E-state index contributed by atoms with van der Waals surface area (Å²) in [5.74, 6) is -1.50. The SMILES string of the molecule is C=C/C=C1/C(=O)C(=O)C=C(O)/C1=C/C. The van der Waals surface area contributed by atoms with Crippen LogP contribution in [-0.2, 0) is 9.59 Å². The topological polar surface area (TPSA) is 54.4 Å². The number of carbonyl (C=O) groups is 2. The summed E-state index contributed by atoms with van der Waals surface area (Å²) >= 11 is 0. The van der Waals surface area contributed by atoms with E-state index >= 15 is 0 Å². The van der Waals surface area contributed by atoms with E-state index < -0.39 is 11.6 Å². The Morgan fingerprint density at radius 1 is 1.36 bits per heavy atom. The monoisotopic (exact) mass is 190 g/mol. The van der Waals surface area contributed by atoms with Gasteiger partial charge in [0, 0.05) is 17.2 Å². The minimum absolute atomic E-state index is 0.176. The zero-order valence-corrected chi connectivity index (χ0v) is 7.78. The molecule has 3 nitrogen and oxygen atoms in total. The van der Waals surface area contributed by atoms with E-state index in [0.29, 0.717) is 5.57 Å². The lowest BCUT2D eigenvalue weighted by Crippen LogP contribution is -2.21. The van der Waals surface area contributed by atoms with Crippen molar-refractivity contribution < 1.29 is 14.7 Å². The average molecular weight is 190 g/mol. The van der Waals surface area contributed by atoms with Gasteiger partial charge in [-0.25, -0.2) is 0 Å². The van der Waals surface area contributed by atoms with E-state index in [4.69, 9.17) is 0 Å². The van der Waals surface area contributed by atoms with Gasteiger partial charge in [-0.2, -0.15) is 0 Å². The minimum atomic E-state index is -0.707. The number of carbonyl (C=O) groups excluding carboxylic acids is 2. The molecule has 0 heterocycles. The second-order valence-electron chi connectivity index (χ2n) is 2.74. The van der Waals surface area contributed by atoms with Gasteiger partial charge in [0.2, 0.25) is 11.6 Å². The molecule has 3 heteroatoms. The number of ketones is 2. The Morgan fingerprint density at radius 2 is 2.00 bits per heavy atom. The van der Waals surface area contributed by atoms with Crippen LogP contribution in [0, 0.1) is 0 Å². The molecule has 1 N–H and O–H groups in total. The predicted octanol–water partition coefficient (Wildman–Crippen LogP) is 1.64. The highest BCUT2D eigenvalue weighted by Gasteiger charge is 2.27. The molecule has 1 aliphatic carbocycles. The molecule has 0 spiro atoms. The fourth-order valence-corrected chi connectivity index (χ4v) is 1.25. The van der Waals surface area contributed by atoms with E-state index in [1.54, 1.807) is 13.0 Å². The van der Waals surface area contributed by atoms with Crippen LogP contribution in [0.25, 0.3) is 0 Å². The van der Waals surface area contributed by atoms with Gasteiger partial charge < -0.3 is 5.11 Å². The van der Waals surface area contributed by atoms with Crippen molar-refractivity contribution in [2.45, 2.75) is 6.92 Å². The van der Waals surface area contributed by atoms with Crippen LogP contribution in [0.15, 0.2) is 47.8 Å². The van der Waals surface area contributed by atoms with Gasteiger partial charge in [0.05, 0.1) is 0 Å². The Bertz CT molecular complexity index is 395. The van der Waals surface area contributed by atoms with Crippen molar-refractivity contribution in [1.82, 2.24) is 0 Å². The molecular weight excluding hydrogens is 180 g/mol. The Labute approximate surface area is 81.7 Å². The number of hydrogen-bond donors (Lipinski definition) is 1. The Morgan fingerprint density at radius 3 is 2.50 bits per heavy atom. The molecule has 0 aliphatic heterocycles. The van der Waals surface area contributed by atoms with Crippen molar-refractivity contribution in [2.24, 2.45) is 0 Å². The summed E-state index contributed by atoms with van der Waals surface area (Å²) in [6, 6.07) is 0. The van der Waals surface area contributed by atoms with E-state index in [1.807, 2.05) is 0 Å². The smallest absolute Gasteiger partial charge is 0.233 e. The molecular formula is C11H10O3. The first-order valence-corrected chi connectivity index (χ1v) is 4.11. The number of rotatable bonds is 1. The molecule has 0 fully saturated rings. The number of aliphatic hydroxyl groups is 1. The third-order valence-corrected chi connectivity index (χ3v) is 1.88. The predicted molar refractivity (Wildman–Crippen MR) is 52.8 cm³/mol. The van der Waals surface area contributed by atoms with E-state index in [2.05, 4.69) is 6.58 Å². The molecule has 0 saturated heterocycles. The number of aliphatic hydroxyl groups excluding tert-OH is 1. The molecule has 14 heavy (non-hydrogen) atoms. The lowest BCUT2D eigenvalue weighted by Gasteiger charge is -2.13. The second-order valence-corrected chi connectivity index (χ2v) is 2.74. The van der Waals surface area contributed by atoms with Crippen LogP contribution in [-0.4, -0.2) is 16.7 Å². The Hall–Kier alpha value is -1.90. The highest BCUT2D eigenvalue weighted by Crippen LogP contribution is 2.23. The van der Waals surface area contributed by atoms with Crippen molar-refractivity contribution in [2.75, 3.05) is 0 Å². The van der Waals surface area contributed by atoms with Crippen LogP contribution in [0.4, 0.5) is 0 Å². The van der Waals surface area contributed by atoms with Gasteiger partial charge in [-0.15, -0.1) is 0 Å². The molecule has 72 valence electrons. The van der Waals surface area contributed by atoms with Gasteiger partial charge in [-0.3, -0.25) is 9.59 Å². The number of hydrogen-bond acceptors (Lipinski definition) is 3. The fraction of sp³-hybridized carbons (Fsp3) is 0.0909. The first kappa shape index (κ1) is 10.2. The van der Waals surface area contributed by atoms with E-state index in [9.17, 15) is 14.7 Å². The Kier molecular flexibility index (Phi) is 2.82. The molecule has 0 aromatic carbocycles. The standard InChI is InChI=1S/C11H10O3/c1-3-5-8-7(4-2)9(12)6-10(13)11(8)14/h3-6,12H,1H2,2H3/b7-4+,8-5+. The molecule has 0 bridgehead atoms. The van der Waals surface area contributed by atoms with Crippen LogP contribution < -0.4 is 0 Å². The maximum atomic E-state index is 11.4. The average Bonchev–Trinajstić information content (AvgIpc) is 2.14. The molecule has 0 amide bonds. The van der Waals surface area contributed by atoms with Gasteiger partial charge in [0.1, 0.15) is 5.76 Å². The number of Topliss-reactive ketones (excluding diaryl/α,β-unsaturated/α-hetero) is 1. The van der Waals surface area contributed by atoms with Crippen molar-refractivity contribution in [3.05, 3.63) is 47.8 Å². The molecule has 0 unspecified atom stereocenters. The third-order valence-electron chi connectivity index (χ3n) is 1.88. The highest BCUT2D eigenvalue weighted by atomic mass is 16.3. The maximum Gasteiger partial charge on any atom is 0.233 e. The second kappa shape index (κ2) is 3.87. The lowest BCUT2D eigenvalue weighted by molar-refractivity contribution is -0.131. The zero-order valence-electron chi connectivity index (χ0n) is 7.78. The number of allylic oxidation sites excluding steroid dienone is 5. The van der Waals surface area contributed by atoms with Crippen molar-refractivity contribution >= 4 is 11.6 Å². The minimum Gasteiger partial charge on any atom is -0.507 e. The quantitative estimate of drug-likeness (QED) is 0.505. The molecule has 0 radical (unpaired) electrons. The molecule has 0 saturated carbocycles. The summed E-state index contributed by atoms with van der Waals surface area (Å²) in [5.41, 5.74) is 0.557. The zero-order chi connectivity index (χ0) is 10.7. The molecule has 1 rings (SSSR count). The molecule has 1 aliphatic rings. The molecule has 0 aromatic rings. The summed E-state index contributed by atoms with van der Waals surface area (Å²) in [6.45, 7) is 5.12. The van der Waals surface area contributed by atoms with Crippen LogP contribution in [0.1, 0.15) is 6.92 Å². The molecule has 0 atom stereocenters. The third kappa shape index (κ3) is 1.57. The van der Waals surface area contributed by atoms with Gasteiger partial charge in [0.15, 0.2) is 0 Å². The summed E-state index contributed by atoms with van der Waals surface area (Å²) in [6.07, 6.45) is 5.32. The van der Waals surface area contributed by atoms with Gasteiger partial charge >= 0.3 is 0 Å². The largest absolute Gasteiger partial charge is 0.507 e. The first-order chi connectivity index (χ1) is 6.61. The van der Waals surface area contributed by atoms with Crippen LogP contribution in [0.2, 0.25) is 0 Å². The van der Waals surface area contributed by atoms with E-state index in [1.165, 1.54) is 12.2 Å². The highest BCUT2D eigenvalue weighted by molar-refractivity contribution is 6.49. The fourth-order valence-electron chi connectivity index (χ4n) is 1.25. The van der Waals surface area contributed by atoms with Gasteiger partial charge in [0.25, 0.3) is 0 Å². The summed E-state index contributed by atoms with van der Waals surface area (Å²) in [5, 5.41) is 9.40. The van der Waals surface area contributed by atoms with Crippen LogP contribution >= 0.6 is 0 Å². The normalized spacial score (nSPS) is 22.8. The maximum absolute atomic E-state index is 11.4. The first-order valence-electron chi connectivity index (χ1n) is 4.11. The van der Waals surface area contributed by atoms with Gasteiger partial charge in [-0.1, -0.05) is 24.8 Å². The van der Waals surface area contributed by atoms with Crippen molar-refractivity contribution in [3.63, 3.8) is 0 Å². The summed E-state index contributed by atoms with van der Waals surface area (Å²) in [4.78, 5) is 22.4. The van der Waals surface area contributed by atoms with Gasteiger partial charge in [-0.05, 0) is 6.92 Å². The summed E-state index contributed by atoms with van der Waals surface area (Å²) < 4.78 is 0. The van der Waals surface area contributed by atoms with Crippen molar-refractivity contribution in [1.29, 1.82) is 0 Å². The van der Waals surface area contributed by atoms with E-state index in [-0.39, 0.29) is 11.3 Å². The summed E-state index contributed by atoms with van der Waals surface area (Å²) in [7, 11) is 0. The van der Waals surface area contributed by atoms with Crippen LogP contribution in [0.5, 0.6) is 0 Å².